The first kappa shape index (κ1) is 18.9. The highest BCUT2D eigenvalue weighted by molar-refractivity contribution is 5.85. The summed E-state index contributed by atoms with van der Waals surface area (Å²) in [5, 5.41) is 0. The van der Waals surface area contributed by atoms with Gasteiger partial charge in [-0.2, -0.15) is 13.2 Å². The van der Waals surface area contributed by atoms with Crippen molar-refractivity contribution in [1.29, 1.82) is 0 Å². The molecule has 0 aromatic rings. The topological polar surface area (TPSA) is 61.9 Å². The SMILES string of the molecule is CC1=NC(N2CCN(C(=O)C3CCC(N)C3)CC2)=CC(C(F)(F)F)=CC1. The number of rotatable bonds is 2. The zero-order valence-electron chi connectivity index (χ0n) is 14.9. The second-order valence-corrected chi connectivity index (χ2v) is 7.29. The monoisotopic (exact) mass is 370 g/mol. The molecule has 26 heavy (non-hydrogen) atoms. The standard InChI is InChI=1S/C18H25F3N4O/c1-12-2-4-14(18(19,20)21)11-16(23-12)24-6-8-25(9-7-24)17(26)13-3-5-15(22)10-13/h4,11,13,15H,2-3,5-10,22H2,1H3. The lowest BCUT2D eigenvalue weighted by Gasteiger charge is -2.37. The van der Waals surface area contributed by atoms with Gasteiger partial charge >= 0.3 is 6.18 Å². The number of carbonyl (C=O) groups excluding carboxylic acids is 1. The summed E-state index contributed by atoms with van der Waals surface area (Å²) >= 11 is 0. The van der Waals surface area contributed by atoms with E-state index in [-0.39, 0.29) is 24.3 Å². The Morgan fingerprint density at radius 1 is 1.23 bits per heavy atom. The largest absolute Gasteiger partial charge is 0.416 e. The average Bonchev–Trinajstić information content (AvgIpc) is 2.91. The van der Waals surface area contributed by atoms with Crippen molar-refractivity contribution in [2.75, 3.05) is 26.2 Å². The normalized spacial score (nSPS) is 27.7. The summed E-state index contributed by atoms with van der Waals surface area (Å²) in [6.45, 7) is 3.70. The van der Waals surface area contributed by atoms with E-state index in [4.69, 9.17) is 5.73 Å². The molecule has 1 saturated carbocycles. The molecule has 1 aliphatic carbocycles. The van der Waals surface area contributed by atoms with E-state index in [0.29, 0.717) is 37.7 Å². The zero-order chi connectivity index (χ0) is 18.9. The quantitative estimate of drug-likeness (QED) is 0.812. The predicted molar refractivity (Wildman–Crippen MR) is 93.4 cm³/mol. The van der Waals surface area contributed by atoms with E-state index in [1.807, 2.05) is 9.80 Å². The number of alkyl halides is 3. The fourth-order valence-corrected chi connectivity index (χ4v) is 3.74. The maximum Gasteiger partial charge on any atom is 0.416 e. The molecule has 8 heteroatoms. The van der Waals surface area contributed by atoms with Crippen LogP contribution in [0.4, 0.5) is 13.2 Å². The van der Waals surface area contributed by atoms with Crippen LogP contribution in [0.15, 0.2) is 28.5 Å². The fourth-order valence-electron chi connectivity index (χ4n) is 3.74. The van der Waals surface area contributed by atoms with Crippen molar-refractivity contribution in [1.82, 2.24) is 9.80 Å². The third-order valence-electron chi connectivity index (χ3n) is 5.27. The molecule has 2 fully saturated rings. The van der Waals surface area contributed by atoms with E-state index in [1.54, 1.807) is 6.92 Å². The Hall–Kier alpha value is -1.83. The minimum Gasteiger partial charge on any atom is -0.353 e. The van der Waals surface area contributed by atoms with Gasteiger partial charge in [0.2, 0.25) is 5.91 Å². The van der Waals surface area contributed by atoms with Crippen LogP contribution in [-0.2, 0) is 4.79 Å². The van der Waals surface area contributed by atoms with Gasteiger partial charge in [-0.1, -0.05) is 6.08 Å². The number of hydrogen-bond acceptors (Lipinski definition) is 4. The zero-order valence-corrected chi connectivity index (χ0v) is 14.9. The highest BCUT2D eigenvalue weighted by atomic mass is 19.4. The molecule has 5 nitrogen and oxygen atoms in total. The molecule has 0 aromatic carbocycles. The minimum atomic E-state index is -4.38. The van der Waals surface area contributed by atoms with E-state index in [2.05, 4.69) is 4.99 Å². The van der Waals surface area contributed by atoms with E-state index >= 15 is 0 Å². The van der Waals surface area contributed by atoms with Crippen molar-refractivity contribution in [3.05, 3.63) is 23.5 Å². The number of carbonyl (C=O) groups is 1. The molecule has 0 aromatic heterocycles. The summed E-state index contributed by atoms with van der Waals surface area (Å²) in [6, 6.07) is 0.103. The van der Waals surface area contributed by atoms with Crippen molar-refractivity contribution in [2.24, 2.45) is 16.6 Å². The number of nitrogens with zero attached hydrogens (tertiary/aromatic N) is 3. The first-order valence-electron chi connectivity index (χ1n) is 9.06. The summed E-state index contributed by atoms with van der Waals surface area (Å²) in [7, 11) is 0. The molecule has 1 saturated heterocycles. The summed E-state index contributed by atoms with van der Waals surface area (Å²) in [6.07, 6.45) is 0.532. The van der Waals surface area contributed by atoms with Crippen LogP contribution in [0.25, 0.3) is 0 Å². The fraction of sp³-hybridized carbons (Fsp3) is 0.667. The Labute approximate surface area is 151 Å². The first-order valence-corrected chi connectivity index (χ1v) is 9.06. The second kappa shape index (κ2) is 7.42. The second-order valence-electron chi connectivity index (χ2n) is 7.29. The molecule has 2 atom stereocenters. The molecule has 2 N–H and O–H groups in total. The van der Waals surface area contributed by atoms with E-state index < -0.39 is 11.7 Å². The van der Waals surface area contributed by atoms with Gasteiger partial charge in [-0.15, -0.1) is 0 Å². The molecular formula is C18H25F3N4O. The van der Waals surface area contributed by atoms with Crippen LogP contribution in [-0.4, -0.2) is 59.8 Å². The van der Waals surface area contributed by atoms with E-state index in [1.165, 1.54) is 6.08 Å². The van der Waals surface area contributed by atoms with Gasteiger partial charge in [0.15, 0.2) is 0 Å². The first-order chi connectivity index (χ1) is 12.2. The van der Waals surface area contributed by atoms with Gasteiger partial charge in [0.1, 0.15) is 5.82 Å². The molecule has 0 spiro atoms. The number of aliphatic imine (C=N–C) groups is 1. The molecule has 2 heterocycles. The van der Waals surface area contributed by atoms with Crippen molar-refractivity contribution in [2.45, 2.75) is 44.8 Å². The van der Waals surface area contributed by atoms with E-state index in [9.17, 15) is 18.0 Å². The third-order valence-corrected chi connectivity index (χ3v) is 5.27. The number of hydrogen-bond donors (Lipinski definition) is 1. The van der Waals surface area contributed by atoms with Gasteiger partial charge in [-0.25, -0.2) is 4.99 Å². The van der Waals surface area contributed by atoms with Gasteiger partial charge < -0.3 is 15.5 Å². The molecule has 3 aliphatic rings. The molecule has 144 valence electrons. The van der Waals surface area contributed by atoms with Crippen LogP contribution in [0.5, 0.6) is 0 Å². The summed E-state index contributed by atoms with van der Waals surface area (Å²) in [5.74, 6) is 0.454. The van der Waals surface area contributed by atoms with E-state index in [0.717, 1.165) is 25.3 Å². The summed E-state index contributed by atoms with van der Waals surface area (Å²) in [4.78, 5) is 20.6. The lowest BCUT2D eigenvalue weighted by atomic mass is 10.1. The van der Waals surface area contributed by atoms with Gasteiger partial charge in [-0.05, 0) is 32.3 Å². The van der Waals surface area contributed by atoms with Crippen molar-refractivity contribution in [3.63, 3.8) is 0 Å². The number of amides is 1. The Kier molecular flexibility index (Phi) is 5.41. The van der Waals surface area contributed by atoms with Gasteiger partial charge in [0, 0.05) is 50.3 Å². The lowest BCUT2D eigenvalue weighted by molar-refractivity contribution is -0.136. The Balaban J connectivity index is 1.65. The summed E-state index contributed by atoms with van der Waals surface area (Å²) in [5.41, 5.74) is 5.88. The van der Waals surface area contributed by atoms with Gasteiger partial charge in [0.05, 0.1) is 5.57 Å². The van der Waals surface area contributed by atoms with Crippen LogP contribution in [0.3, 0.4) is 0 Å². The molecular weight excluding hydrogens is 345 g/mol. The summed E-state index contributed by atoms with van der Waals surface area (Å²) < 4.78 is 39.3. The number of nitrogens with two attached hydrogens (primary N) is 1. The van der Waals surface area contributed by atoms with Crippen LogP contribution < -0.4 is 5.73 Å². The van der Waals surface area contributed by atoms with Crippen LogP contribution in [0.1, 0.15) is 32.6 Å². The molecule has 0 radical (unpaired) electrons. The Morgan fingerprint density at radius 3 is 2.50 bits per heavy atom. The molecule has 1 amide bonds. The van der Waals surface area contributed by atoms with Crippen molar-refractivity contribution < 1.29 is 18.0 Å². The van der Waals surface area contributed by atoms with Crippen LogP contribution >= 0.6 is 0 Å². The highest BCUT2D eigenvalue weighted by Crippen LogP contribution is 2.31. The lowest BCUT2D eigenvalue weighted by Crippen LogP contribution is -2.49. The minimum absolute atomic E-state index is 0.00585. The molecule has 0 bridgehead atoms. The number of piperazine rings is 1. The Bertz CT molecular complexity index is 645. The molecule has 2 unspecified atom stereocenters. The van der Waals surface area contributed by atoms with Crippen LogP contribution in [0.2, 0.25) is 0 Å². The average molecular weight is 370 g/mol. The maximum absolute atomic E-state index is 13.1. The smallest absolute Gasteiger partial charge is 0.353 e. The molecule has 2 aliphatic heterocycles. The maximum atomic E-state index is 13.1. The van der Waals surface area contributed by atoms with Crippen LogP contribution in [0, 0.1) is 5.92 Å². The third kappa shape index (κ3) is 4.28. The van der Waals surface area contributed by atoms with Gasteiger partial charge in [0.25, 0.3) is 0 Å². The van der Waals surface area contributed by atoms with Gasteiger partial charge in [-0.3, -0.25) is 4.79 Å². The Morgan fingerprint density at radius 2 is 1.92 bits per heavy atom. The van der Waals surface area contributed by atoms with Crippen molar-refractivity contribution >= 4 is 11.6 Å². The molecule has 3 rings (SSSR count). The highest BCUT2D eigenvalue weighted by Gasteiger charge is 2.35. The number of allylic oxidation sites excluding steroid dienone is 3. The van der Waals surface area contributed by atoms with Crippen molar-refractivity contribution in [3.8, 4) is 0 Å². The predicted octanol–water partition coefficient (Wildman–Crippen LogP) is 2.45. The number of halogens is 3.